The number of nitrogens with zero attached hydrogens (tertiary/aromatic N) is 1. The van der Waals surface area contributed by atoms with Gasteiger partial charge in [0.05, 0.1) is 38.2 Å². The summed E-state index contributed by atoms with van der Waals surface area (Å²) in [5, 5.41) is 2.49. The molecule has 9 heteroatoms. The minimum atomic E-state index is -3.52. The summed E-state index contributed by atoms with van der Waals surface area (Å²) in [4.78, 5) is 24.1. The predicted molar refractivity (Wildman–Crippen MR) is 95.3 cm³/mol. The van der Waals surface area contributed by atoms with Crippen molar-refractivity contribution in [2.45, 2.75) is 18.7 Å². The molecule has 2 rings (SSSR count). The SMILES string of the molecule is COC(=O)CNC(=O)C[NH+]1CCN(S(=O)(=O)c2ccc(C)c(C)c2)CC1. The van der Waals surface area contributed by atoms with E-state index in [4.69, 9.17) is 0 Å². The molecule has 1 aromatic rings. The summed E-state index contributed by atoms with van der Waals surface area (Å²) in [7, 11) is -2.26. The summed E-state index contributed by atoms with van der Waals surface area (Å²) in [6.07, 6.45) is 0. The number of carbonyl (C=O) groups is 2. The lowest BCUT2D eigenvalue weighted by atomic mass is 10.1. The molecule has 0 aliphatic carbocycles. The summed E-state index contributed by atoms with van der Waals surface area (Å²) in [5.74, 6) is -0.756. The van der Waals surface area contributed by atoms with Crippen LogP contribution in [-0.4, -0.2) is 71.0 Å². The highest BCUT2D eigenvalue weighted by Gasteiger charge is 2.31. The van der Waals surface area contributed by atoms with Gasteiger partial charge in [0.15, 0.2) is 6.54 Å². The Bertz CT molecular complexity index is 771. The molecule has 0 spiro atoms. The fraction of sp³-hybridized carbons (Fsp3) is 0.529. The maximum absolute atomic E-state index is 12.8. The van der Waals surface area contributed by atoms with Gasteiger partial charge in [0.2, 0.25) is 10.0 Å². The molecule has 2 N–H and O–H groups in total. The quantitative estimate of drug-likeness (QED) is 0.581. The van der Waals surface area contributed by atoms with Gasteiger partial charge in [0.1, 0.15) is 6.54 Å². The van der Waals surface area contributed by atoms with E-state index in [0.717, 1.165) is 16.0 Å². The number of esters is 1. The molecule has 0 bridgehead atoms. The lowest BCUT2D eigenvalue weighted by Gasteiger charge is -2.31. The van der Waals surface area contributed by atoms with E-state index in [1.54, 1.807) is 12.1 Å². The molecule has 8 nitrogen and oxygen atoms in total. The summed E-state index contributed by atoms with van der Waals surface area (Å²) in [5.41, 5.74) is 1.99. The zero-order chi connectivity index (χ0) is 19.3. The highest BCUT2D eigenvalue weighted by Crippen LogP contribution is 2.19. The highest BCUT2D eigenvalue weighted by atomic mass is 32.2. The van der Waals surface area contributed by atoms with Crippen LogP contribution < -0.4 is 10.2 Å². The van der Waals surface area contributed by atoms with Gasteiger partial charge in [-0.1, -0.05) is 6.07 Å². The number of rotatable bonds is 6. The van der Waals surface area contributed by atoms with Crippen LogP contribution in [0, 0.1) is 13.8 Å². The van der Waals surface area contributed by atoms with Gasteiger partial charge in [-0.25, -0.2) is 8.42 Å². The summed E-state index contributed by atoms with van der Waals surface area (Å²) in [6.45, 7) is 5.67. The van der Waals surface area contributed by atoms with E-state index in [-0.39, 0.29) is 19.0 Å². The van der Waals surface area contributed by atoms with Crippen LogP contribution in [-0.2, 0) is 24.3 Å². The van der Waals surface area contributed by atoms with E-state index in [1.807, 2.05) is 19.9 Å². The maximum atomic E-state index is 12.8. The van der Waals surface area contributed by atoms with Crippen molar-refractivity contribution < 1.29 is 27.6 Å². The average molecular weight is 384 g/mol. The third-order valence-corrected chi connectivity index (χ3v) is 6.51. The topological polar surface area (TPSA) is 97.2 Å². The summed E-state index contributed by atoms with van der Waals surface area (Å²) < 4.78 is 31.5. The van der Waals surface area contributed by atoms with Crippen LogP contribution in [0.4, 0.5) is 0 Å². The molecule has 144 valence electrons. The van der Waals surface area contributed by atoms with Crippen molar-refractivity contribution in [3.05, 3.63) is 29.3 Å². The Kier molecular flexibility index (Phi) is 6.74. The number of amides is 1. The standard InChI is InChI=1S/C17H25N3O5S/c1-13-4-5-15(10-14(13)2)26(23,24)20-8-6-19(7-9-20)12-16(21)18-11-17(22)25-3/h4-5,10H,6-9,11-12H2,1-3H3,(H,18,21)/p+1. The van der Waals surface area contributed by atoms with Crippen molar-refractivity contribution in [3.63, 3.8) is 0 Å². The Morgan fingerprint density at radius 1 is 1.19 bits per heavy atom. The van der Waals surface area contributed by atoms with Gasteiger partial charge in [-0.2, -0.15) is 4.31 Å². The van der Waals surface area contributed by atoms with E-state index >= 15 is 0 Å². The molecule has 0 unspecified atom stereocenters. The smallest absolute Gasteiger partial charge is 0.325 e. The lowest BCUT2D eigenvalue weighted by Crippen LogP contribution is -3.15. The number of piperazine rings is 1. The van der Waals surface area contributed by atoms with Crippen molar-refractivity contribution in [2.24, 2.45) is 0 Å². The molecule has 1 saturated heterocycles. The predicted octanol–water partition coefficient (Wildman–Crippen LogP) is -1.52. The van der Waals surface area contributed by atoms with Crippen molar-refractivity contribution in [2.75, 3.05) is 46.4 Å². The Labute approximate surface area is 154 Å². The Balaban J connectivity index is 1.90. The van der Waals surface area contributed by atoms with Gasteiger partial charge < -0.3 is 15.0 Å². The van der Waals surface area contributed by atoms with Crippen LogP contribution in [0.1, 0.15) is 11.1 Å². The normalized spacial score (nSPS) is 16.3. The van der Waals surface area contributed by atoms with E-state index < -0.39 is 16.0 Å². The van der Waals surface area contributed by atoms with Crippen LogP contribution in [0.3, 0.4) is 0 Å². The number of carbonyl (C=O) groups excluding carboxylic acids is 2. The molecule has 0 atom stereocenters. The number of methoxy groups -OCH3 is 1. The van der Waals surface area contributed by atoms with Gasteiger partial charge >= 0.3 is 5.97 Å². The average Bonchev–Trinajstić information content (AvgIpc) is 2.62. The first kappa shape index (κ1) is 20.3. The number of hydrogen-bond donors (Lipinski definition) is 2. The van der Waals surface area contributed by atoms with Gasteiger partial charge in [-0.3, -0.25) is 9.59 Å². The summed E-state index contributed by atoms with van der Waals surface area (Å²) >= 11 is 0. The first-order valence-corrected chi connectivity index (χ1v) is 9.92. The molecule has 1 heterocycles. The highest BCUT2D eigenvalue weighted by molar-refractivity contribution is 7.89. The third-order valence-electron chi connectivity index (χ3n) is 4.61. The maximum Gasteiger partial charge on any atom is 0.325 e. The Morgan fingerprint density at radius 2 is 1.85 bits per heavy atom. The van der Waals surface area contributed by atoms with Gasteiger partial charge in [-0.05, 0) is 37.1 Å². The lowest BCUT2D eigenvalue weighted by molar-refractivity contribution is -0.895. The second kappa shape index (κ2) is 8.61. The number of aryl methyl sites for hydroxylation is 2. The van der Waals surface area contributed by atoms with Crippen molar-refractivity contribution in [3.8, 4) is 0 Å². The van der Waals surface area contributed by atoms with Crippen molar-refractivity contribution in [1.29, 1.82) is 0 Å². The fourth-order valence-corrected chi connectivity index (χ4v) is 4.30. The molecule has 26 heavy (non-hydrogen) atoms. The number of sulfonamides is 1. The van der Waals surface area contributed by atoms with E-state index in [9.17, 15) is 18.0 Å². The molecular formula is C17H26N3O5S+. The third kappa shape index (κ3) is 5.03. The van der Waals surface area contributed by atoms with Crippen LogP contribution in [0.5, 0.6) is 0 Å². The van der Waals surface area contributed by atoms with Crippen LogP contribution in [0.2, 0.25) is 0 Å². The Morgan fingerprint density at radius 3 is 2.42 bits per heavy atom. The molecule has 0 aromatic heterocycles. The zero-order valence-electron chi connectivity index (χ0n) is 15.4. The monoisotopic (exact) mass is 384 g/mol. The molecule has 0 saturated carbocycles. The van der Waals surface area contributed by atoms with Crippen molar-refractivity contribution in [1.82, 2.24) is 9.62 Å². The first-order chi connectivity index (χ1) is 12.2. The van der Waals surface area contributed by atoms with Crippen LogP contribution in [0.15, 0.2) is 23.1 Å². The molecule has 1 amide bonds. The number of ether oxygens (including phenoxy) is 1. The largest absolute Gasteiger partial charge is 0.468 e. The second-order valence-electron chi connectivity index (χ2n) is 6.43. The molecule has 0 radical (unpaired) electrons. The van der Waals surface area contributed by atoms with Gasteiger partial charge in [-0.15, -0.1) is 0 Å². The number of quaternary nitrogens is 1. The summed E-state index contributed by atoms with van der Waals surface area (Å²) in [6, 6.07) is 5.15. The van der Waals surface area contributed by atoms with E-state index in [1.165, 1.54) is 11.4 Å². The molecule has 1 aliphatic rings. The first-order valence-electron chi connectivity index (χ1n) is 8.48. The van der Waals surface area contributed by atoms with E-state index in [2.05, 4.69) is 10.1 Å². The number of nitrogens with one attached hydrogen (secondary N) is 2. The zero-order valence-corrected chi connectivity index (χ0v) is 16.2. The fourth-order valence-electron chi connectivity index (χ4n) is 2.78. The van der Waals surface area contributed by atoms with E-state index in [0.29, 0.717) is 31.1 Å². The second-order valence-corrected chi connectivity index (χ2v) is 8.37. The number of hydrogen-bond acceptors (Lipinski definition) is 5. The molecular weight excluding hydrogens is 358 g/mol. The van der Waals surface area contributed by atoms with Gasteiger partial charge in [0.25, 0.3) is 5.91 Å². The molecule has 1 aromatic carbocycles. The Hall–Kier alpha value is -1.97. The minimum absolute atomic E-state index is 0.157. The minimum Gasteiger partial charge on any atom is -0.468 e. The van der Waals surface area contributed by atoms with Crippen LogP contribution >= 0.6 is 0 Å². The van der Waals surface area contributed by atoms with Crippen molar-refractivity contribution >= 4 is 21.9 Å². The molecule has 1 aliphatic heterocycles. The number of benzene rings is 1. The van der Waals surface area contributed by atoms with Crippen LogP contribution in [0.25, 0.3) is 0 Å². The van der Waals surface area contributed by atoms with Gasteiger partial charge in [0, 0.05) is 0 Å². The molecule has 1 fully saturated rings.